The second-order valence-corrected chi connectivity index (χ2v) is 8.60. The molecule has 1 aromatic rings. The lowest BCUT2D eigenvalue weighted by Crippen LogP contribution is -2.53. The van der Waals surface area contributed by atoms with Crippen molar-refractivity contribution in [1.29, 1.82) is 0 Å². The molecule has 5 rings (SSSR count). The van der Waals surface area contributed by atoms with Crippen LogP contribution >= 0.6 is 15.9 Å². The molecule has 0 spiro atoms. The minimum absolute atomic E-state index is 0.485. The van der Waals surface area contributed by atoms with Crippen molar-refractivity contribution in [3.05, 3.63) is 16.7 Å². The number of hydrogen-bond donors (Lipinski definition) is 2. The second-order valence-electron chi connectivity index (χ2n) is 7.75. The molecule has 4 saturated carbocycles. The molecule has 0 radical (unpaired) electrons. The summed E-state index contributed by atoms with van der Waals surface area (Å²) in [5.41, 5.74) is 6.99. The Hall–Kier alpha value is -0.770. The summed E-state index contributed by atoms with van der Waals surface area (Å²) in [7, 11) is 0. The monoisotopic (exact) mass is 349 g/mol. The van der Waals surface area contributed by atoms with E-state index in [1.165, 1.54) is 38.5 Å². The molecule has 1 aromatic heterocycles. The highest BCUT2D eigenvalue weighted by Gasteiger charge is 2.53. The van der Waals surface area contributed by atoms with Crippen molar-refractivity contribution in [2.75, 3.05) is 11.1 Å². The van der Waals surface area contributed by atoms with E-state index in [9.17, 15) is 0 Å². The van der Waals surface area contributed by atoms with Crippen molar-refractivity contribution in [2.24, 2.45) is 23.2 Å². The third kappa shape index (κ3) is 2.36. The van der Waals surface area contributed by atoms with Crippen molar-refractivity contribution in [2.45, 2.75) is 51.5 Å². The van der Waals surface area contributed by atoms with Crippen molar-refractivity contribution in [3.63, 3.8) is 0 Å². The van der Waals surface area contributed by atoms with Crippen molar-refractivity contribution < 1.29 is 0 Å². The number of hydrogen-bond acceptors (Lipinski definition) is 3. The lowest BCUT2D eigenvalue weighted by molar-refractivity contribution is -0.0603. The minimum Gasteiger partial charge on any atom is -0.397 e. The van der Waals surface area contributed by atoms with Crippen LogP contribution in [-0.2, 0) is 0 Å². The molecule has 3 nitrogen and oxygen atoms in total. The standard InChI is InChI=1S/C17H24BrN3/c1-10(21-16-15(18)5-14(19)9-20-16)17-6-11-2-12(7-17)4-13(3-11)8-17/h5,9-13H,2-4,6-8,19H2,1H3,(H,20,21). The van der Waals surface area contributed by atoms with E-state index in [4.69, 9.17) is 5.73 Å². The Morgan fingerprint density at radius 1 is 1.24 bits per heavy atom. The van der Waals surface area contributed by atoms with Gasteiger partial charge in [0, 0.05) is 6.04 Å². The van der Waals surface area contributed by atoms with Gasteiger partial charge in [-0.2, -0.15) is 0 Å². The summed E-state index contributed by atoms with van der Waals surface area (Å²) in [5, 5.41) is 3.68. The summed E-state index contributed by atoms with van der Waals surface area (Å²) in [6.45, 7) is 2.36. The van der Waals surface area contributed by atoms with Gasteiger partial charge < -0.3 is 11.1 Å². The van der Waals surface area contributed by atoms with Crippen LogP contribution in [0.3, 0.4) is 0 Å². The van der Waals surface area contributed by atoms with Crippen LogP contribution in [0.25, 0.3) is 0 Å². The van der Waals surface area contributed by atoms with Crippen LogP contribution in [-0.4, -0.2) is 11.0 Å². The average Bonchev–Trinajstić information content (AvgIpc) is 2.40. The number of nitrogens with one attached hydrogen (secondary N) is 1. The van der Waals surface area contributed by atoms with Gasteiger partial charge in [-0.05, 0) is 90.6 Å². The maximum Gasteiger partial charge on any atom is 0.140 e. The smallest absolute Gasteiger partial charge is 0.140 e. The summed E-state index contributed by atoms with van der Waals surface area (Å²) >= 11 is 3.58. The van der Waals surface area contributed by atoms with Gasteiger partial charge in [-0.25, -0.2) is 4.98 Å². The zero-order valence-electron chi connectivity index (χ0n) is 12.6. The normalized spacial score (nSPS) is 38.5. The largest absolute Gasteiger partial charge is 0.397 e. The van der Waals surface area contributed by atoms with E-state index >= 15 is 0 Å². The van der Waals surface area contributed by atoms with E-state index in [1.54, 1.807) is 6.20 Å². The number of nitrogens with two attached hydrogens (primary N) is 1. The van der Waals surface area contributed by atoms with Gasteiger partial charge in [0.05, 0.1) is 16.4 Å². The Bertz CT molecular complexity index is 522. The third-order valence-electron chi connectivity index (χ3n) is 6.22. The number of nitrogens with zero attached hydrogens (tertiary/aromatic N) is 1. The highest BCUT2D eigenvalue weighted by Crippen LogP contribution is 2.61. The molecule has 0 amide bonds. The van der Waals surface area contributed by atoms with E-state index in [-0.39, 0.29) is 0 Å². The number of pyridine rings is 1. The Morgan fingerprint density at radius 2 is 1.81 bits per heavy atom. The quantitative estimate of drug-likeness (QED) is 0.847. The van der Waals surface area contributed by atoms with Gasteiger partial charge in [0.25, 0.3) is 0 Å². The summed E-state index contributed by atoms with van der Waals surface area (Å²) < 4.78 is 0.971. The maximum atomic E-state index is 5.78. The minimum atomic E-state index is 0.485. The zero-order chi connectivity index (χ0) is 14.6. The number of rotatable bonds is 3. The number of anilines is 2. The predicted octanol–water partition coefficient (Wildman–Crippen LogP) is 4.44. The lowest BCUT2D eigenvalue weighted by Gasteiger charge is -2.59. The SMILES string of the molecule is CC(Nc1ncc(N)cc1Br)C12CC3CC(CC(C3)C1)C2. The van der Waals surface area contributed by atoms with E-state index in [0.717, 1.165) is 28.0 Å². The first kappa shape index (κ1) is 13.9. The molecular weight excluding hydrogens is 326 g/mol. The molecular formula is C17H24BrN3. The van der Waals surface area contributed by atoms with Gasteiger partial charge in [0.15, 0.2) is 0 Å². The first-order valence-corrected chi connectivity index (χ1v) is 9.01. The fraction of sp³-hybridized carbons (Fsp3) is 0.706. The van der Waals surface area contributed by atoms with E-state index in [2.05, 4.69) is 33.2 Å². The molecule has 3 N–H and O–H groups in total. The van der Waals surface area contributed by atoms with Crippen LogP contribution in [0.1, 0.15) is 45.4 Å². The second kappa shape index (κ2) is 4.87. The molecule has 0 aromatic carbocycles. The van der Waals surface area contributed by atoms with Gasteiger partial charge in [0.1, 0.15) is 5.82 Å². The average molecular weight is 350 g/mol. The fourth-order valence-corrected chi connectivity index (χ4v) is 6.11. The Morgan fingerprint density at radius 3 is 2.33 bits per heavy atom. The van der Waals surface area contributed by atoms with Crippen molar-refractivity contribution >= 4 is 27.4 Å². The van der Waals surface area contributed by atoms with Crippen LogP contribution in [0, 0.1) is 23.2 Å². The first-order chi connectivity index (χ1) is 10.0. The van der Waals surface area contributed by atoms with Gasteiger partial charge in [-0.15, -0.1) is 0 Å². The highest BCUT2D eigenvalue weighted by atomic mass is 79.9. The van der Waals surface area contributed by atoms with E-state index in [0.29, 0.717) is 17.1 Å². The number of nitrogen functional groups attached to an aromatic ring is 1. The maximum absolute atomic E-state index is 5.78. The molecule has 114 valence electrons. The van der Waals surface area contributed by atoms with Gasteiger partial charge >= 0.3 is 0 Å². The zero-order valence-corrected chi connectivity index (χ0v) is 14.2. The Kier molecular flexibility index (Phi) is 3.21. The van der Waals surface area contributed by atoms with Gasteiger partial charge in [0.2, 0.25) is 0 Å². The lowest BCUT2D eigenvalue weighted by atomic mass is 9.48. The van der Waals surface area contributed by atoms with Crippen LogP contribution in [0.5, 0.6) is 0 Å². The molecule has 0 aliphatic heterocycles. The summed E-state index contributed by atoms with van der Waals surface area (Å²) in [4.78, 5) is 4.46. The molecule has 4 bridgehead atoms. The number of halogens is 1. The first-order valence-electron chi connectivity index (χ1n) is 8.22. The molecule has 4 fully saturated rings. The van der Waals surface area contributed by atoms with E-state index in [1.807, 2.05) is 6.07 Å². The Labute approximate surface area is 135 Å². The third-order valence-corrected chi connectivity index (χ3v) is 6.82. The summed E-state index contributed by atoms with van der Waals surface area (Å²) in [5.74, 6) is 3.90. The molecule has 0 saturated heterocycles. The highest BCUT2D eigenvalue weighted by molar-refractivity contribution is 9.10. The van der Waals surface area contributed by atoms with Crippen molar-refractivity contribution in [3.8, 4) is 0 Å². The van der Waals surface area contributed by atoms with Crippen molar-refractivity contribution in [1.82, 2.24) is 4.98 Å². The molecule has 4 aliphatic carbocycles. The molecule has 1 atom stereocenters. The van der Waals surface area contributed by atoms with Gasteiger partial charge in [-0.3, -0.25) is 0 Å². The Balaban J connectivity index is 1.56. The molecule has 4 heteroatoms. The topological polar surface area (TPSA) is 50.9 Å². The molecule has 21 heavy (non-hydrogen) atoms. The van der Waals surface area contributed by atoms with Crippen LogP contribution in [0.15, 0.2) is 16.7 Å². The van der Waals surface area contributed by atoms with Crippen LogP contribution < -0.4 is 11.1 Å². The van der Waals surface area contributed by atoms with Gasteiger partial charge in [-0.1, -0.05) is 0 Å². The molecule has 1 unspecified atom stereocenters. The van der Waals surface area contributed by atoms with E-state index < -0.39 is 0 Å². The summed E-state index contributed by atoms with van der Waals surface area (Å²) in [6, 6.07) is 2.42. The predicted molar refractivity (Wildman–Crippen MR) is 90.0 cm³/mol. The van der Waals surface area contributed by atoms with Crippen LogP contribution in [0.4, 0.5) is 11.5 Å². The summed E-state index contributed by atoms with van der Waals surface area (Å²) in [6.07, 6.45) is 10.5. The molecule has 1 heterocycles. The fourth-order valence-electron chi connectivity index (χ4n) is 5.63. The molecule has 4 aliphatic rings. The number of aromatic nitrogens is 1. The van der Waals surface area contributed by atoms with Crippen LogP contribution in [0.2, 0.25) is 0 Å².